The largest absolute Gasteiger partial charge is 0.481 e. The molecule has 0 saturated heterocycles. The molecule has 0 radical (unpaired) electrons. The molecule has 0 aliphatic rings. The molecule has 0 fully saturated rings. The van der Waals surface area contributed by atoms with E-state index in [1.54, 1.807) is 0 Å². The molecule has 2 aromatic rings. The summed E-state index contributed by atoms with van der Waals surface area (Å²) in [5, 5.41) is 2.97. The molecule has 1 N–H and O–H groups in total. The highest BCUT2D eigenvalue weighted by Crippen LogP contribution is 2.25. The summed E-state index contributed by atoms with van der Waals surface area (Å²) in [6.07, 6.45) is 3.55. The Labute approximate surface area is 164 Å². The fourth-order valence-electron chi connectivity index (χ4n) is 2.88. The van der Waals surface area contributed by atoms with Crippen LogP contribution in [0.5, 0.6) is 5.75 Å². The predicted molar refractivity (Wildman–Crippen MR) is 114 cm³/mol. The van der Waals surface area contributed by atoms with Crippen LogP contribution in [0.4, 0.5) is 5.69 Å². The van der Waals surface area contributed by atoms with Crippen molar-refractivity contribution in [2.45, 2.75) is 71.8 Å². The lowest BCUT2D eigenvalue weighted by molar-refractivity contribution is -0.122. The normalized spacial score (nSPS) is 12.5. The lowest BCUT2D eigenvalue weighted by atomic mass is 9.87. The summed E-state index contributed by atoms with van der Waals surface area (Å²) in [6.45, 7) is 10.7. The molecule has 0 heterocycles. The van der Waals surface area contributed by atoms with Gasteiger partial charge >= 0.3 is 0 Å². The van der Waals surface area contributed by atoms with Gasteiger partial charge in [-0.1, -0.05) is 65.3 Å². The molecular weight excluding hydrogens is 334 g/mol. The van der Waals surface area contributed by atoms with Crippen molar-refractivity contribution in [2.75, 3.05) is 5.32 Å². The molecule has 0 spiro atoms. The number of nitrogens with one attached hydrogen (secondary N) is 1. The first kappa shape index (κ1) is 21.0. The highest BCUT2D eigenvalue weighted by molar-refractivity contribution is 5.94. The predicted octanol–water partition coefficient (Wildman–Crippen LogP) is 6.12. The third-order valence-corrected chi connectivity index (χ3v) is 4.70. The minimum atomic E-state index is -0.509. The molecule has 1 amide bonds. The van der Waals surface area contributed by atoms with Crippen molar-refractivity contribution >= 4 is 11.6 Å². The van der Waals surface area contributed by atoms with E-state index in [9.17, 15) is 4.79 Å². The standard InChI is InChI=1S/C24H33NO2/c1-6-8-9-18-10-14-20(15-11-18)25-23(26)22(7-2)27-21-16-12-19(13-17-21)24(3,4)5/h10-17,22H,6-9H2,1-5H3,(H,25,26)/t22-/m1/s1. The third-order valence-electron chi connectivity index (χ3n) is 4.70. The number of hydrogen-bond donors (Lipinski definition) is 1. The average molecular weight is 368 g/mol. The quantitative estimate of drug-likeness (QED) is 0.610. The van der Waals surface area contributed by atoms with Crippen LogP contribution in [0, 0.1) is 0 Å². The number of aryl methyl sites for hydroxylation is 1. The molecule has 3 nitrogen and oxygen atoms in total. The second-order valence-electron chi connectivity index (χ2n) is 8.08. The van der Waals surface area contributed by atoms with Gasteiger partial charge in [-0.3, -0.25) is 4.79 Å². The van der Waals surface area contributed by atoms with Gasteiger partial charge in [0.2, 0.25) is 0 Å². The highest BCUT2D eigenvalue weighted by Gasteiger charge is 2.19. The summed E-state index contributed by atoms with van der Waals surface area (Å²) in [6, 6.07) is 16.1. The molecule has 3 heteroatoms. The zero-order chi connectivity index (χ0) is 19.9. The smallest absolute Gasteiger partial charge is 0.265 e. The topological polar surface area (TPSA) is 38.3 Å². The van der Waals surface area contributed by atoms with Crippen LogP contribution in [0.3, 0.4) is 0 Å². The van der Waals surface area contributed by atoms with Crippen LogP contribution in [0.1, 0.15) is 65.0 Å². The molecule has 0 bridgehead atoms. The SMILES string of the molecule is CCCCc1ccc(NC(=O)[C@@H](CC)Oc2ccc(C(C)(C)C)cc2)cc1. The van der Waals surface area contributed by atoms with Gasteiger partial charge in [0.05, 0.1) is 0 Å². The summed E-state index contributed by atoms with van der Waals surface area (Å²) < 4.78 is 5.93. The lowest BCUT2D eigenvalue weighted by Crippen LogP contribution is -2.32. The summed E-state index contributed by atoms with van der Waals surface area (Å²) in [5.74, 6) is 0.610. The Morgan fingerprint density at radius 3 is 2.15 bits per heavy atom. The molecule has 0 aliphatic heterocycles. The zero-order valence-electron chi connectivity index (χ0n) is 17.3. The third kappa shape index (κ3) is 6.42. The fourth-order valence-corrected chi connectivity index (χ4v) is 2.88. The van der Waals surface area contributed by atoms with E-state index >= 15 is 0 Å². The Hall–Kier alpha value is -2.29. The first-order valence-corrected chi connectivity index (χ1v) is 10.0. The van der Waals surface area contributed by atoms with Gasteiger partial charge < -0.3 is 10.1 Å². The van der Waals surface area contributed by atoms with Crippen molar-refractivity contribution in [3.05, 3.63) is 59.7 Å². The van der Waals surface area contributed by atoms with Crippen LogP contribution in [0.15, 0.2) is 48.5 Å². The van der Waals surface area contributed by atoms with Crippen molar-refractivity contribution in [2.24, 2.45) is 0 Å². The number of anilines is 1. The van der Waals surface area contributed by atoms with Gasteiger partial charge in [-0.15, -0.1) is 0 Å². The maximum Gasteiger partial charge on any atom is 0.265 e. The van der Waals surface area contributed by atoms with E-state index in [-0.39, 0.29) is 11.3 Å². The van der Waals surface area contributed by atoms with Crippen molar-refractivity contribution in [1.29, 1.82) is 0 Å². The Bertz CT molecular complexity index is 712. The first-order chi connectivity index (χ1) is 12.8. The Kier molecular flexibility index (Phi) is 7.46. The van der Waals surface area contributed by atoms with E-state index in [1.807, 2.05) is 31.2 Å². The van der Waals surface area contributed by atoms with Crippen LogP contribution in [0.25, 0.3) is 0 Å². The van der Waals surface area contributed by atoms with Gasteiger partial charge in [0.25, 0.3) is 5.91 Å². The number of carbonyl (C=O) groups excluding carboxylic acids is 1. The van der Waals surface area contributed by atoms with Gasteiger partial charge in [-0.05, 0) is 60.1 Å². The van der Waals surface area contributed by atoms with Crippen molar-refractivity contribution in [3.63, 3.8) is 0 Å². The molecule has 146 valence electrons. The van der Waals surface area contributed by atoms with E-state index in [4.69, 9.17) is 4.74 Å². The first-order valence-electron chi connectivity index (χ1n) is 10.0. The summed E-state index contributed by atoms with van der Waals surface area (Å²) >= 11 is 0. The van der Waals surface area contributed by atoms with Gasteiger partial charge in [0.15, 0.2) is 6.10 Å². The number of amides is 1. The molecular formula is C24H33NO2. The number of ether oxygens (including phenoxy) is 1. The molecule has 0 aromatic heterocycles. The molecule has 2 rings (SSSR count). The van der Waals surface area contributed by atoms with E-state index < -0.39 is 6.10 Å². The van der Waals surface area contributed by atoms with Crippen molar-refractivity contribution in [1.82, 2.24) is 0 Å². The monoisotopic (exact) mass is 367 g/mol. The molecule has 0 unspecified atom stereocenters. The Balaban J connectivity index is 1.97. The van der Waals surface area contributed by atoms with Crippen molar-refractivity contribution < 1.29 is 9.53 Å². The van der Waals surface area contributed by atoms with E-state index in [0.29, 0.717) is 6.42 Å². The number of hydrogen-bond acceptors (Lipinski definition) is 2. The summed E-state index contributed by atoms with van der Waals surface area (Å²) in [7, 11) is 0. The van der Waals surface area contributed by atoms with Gasteiger partial charge in [-0.2, -0.15) is 0 Å². The molecule has 27 heavy (non-hydrogen) atoms. The number of carbonyl (C=O) groups is 1. The van der Waals surface area contributed by atoms with Crippen LogP contribution >= 0.6 is 0 Å². The molecule has 0 aliphatic carbocycles. The van der Waals surface area contributed by atoms with Crippen molar-refractivity contribution in [3.8, 4) is 5.75 Å². The van der Waals surface area contributed by atoms with Gasteiger partial charge in [0, 0.05) is 5.69 Å². The highest BCUT2D eigenvalue weighted by atomic mass is 16.5. The average Bonchev–Trinajstić information content (AvgIpc) is 2.65. The summed E-state index contributed by atoms with van der Waals surface area (Å²) in [4.78, 5) is 12.6. The number of rotatable bonds is 8. The van der Waals surface area contributed by atoms with Crippen LogP contribution < -0.4 is 10.1 Å². The Morgan fingerprint density at radius 2 is 1.63 bits per heavy atom. The molecule has 0 saturated carbocycles. The van der Waals surface area contributed by atoms with E-state index in [1.165, 1.54) is 24.0 Å². The minimum Gasteiger partial charge on any atom is -0.481 e. The molecule has 1 atom stereocenters. The Morgan fingerprint density at radius 1 is 1.00 bits per heavy atom. The van der Waals surface area contributed by atoms with Gasteiger partial charge in [-0.25, -0.2) is 0 Å². The molecule has 2 aromatic carbocycles. The zero-order valence-corrected chi connectivity index (χ0v) is 17.3. The maximum absolute atomic E-state index is 12.6. The van der Waals surface area contributed by atoms with Crippen LogP contribution in [-0.4, -0.2) is 12.0 Å². The number of unbranched alkanes of at least 4 members (excludes halogenated alkanes) is 1. The second kappa shape index (κ2) is 9.59. The van der Waals surface area contributed by atoms with Crippen LogP contribution in [0.2, 0.25) is 0 Å². The van der Waals surface area contributed by atoms with Crippen LogP contribution in [-0.2, 0) is 16.6 Å². The number of benzene rings is 2. The van der Waals surface area contributed by atoms with E-state index in [2.05, 4.69) is 57.3 Å². The maximum atomic E-state index is 12.6. The van der Waals surface area contributed by atoms with E-state index in [0.717, 1.165) is 17.9 Å². The second-order valence-corrected chi connectivity index (χ2v) is 8.08. The minimum absolute atomic E-state index is 0.101. The van der Waals surface area contributed by atoms with Gasteiger partial charge in [0.1, 0.15) is 5.75 Å². The summed E-state index contributed by atoms with van der Waals surface area (Å²) in [5.41, 5.74) is 3.46. The fraction of sp³-hybridized carbons (Fsp3) is 0.458. The lowest BCUT2D eigenvalue weighted by Gasteiger charge is -2.21.